The van der Waals surface area contributed by atoms with Gasteiger partial charge in [-0.3, -0.25) is 0 Å². The van der Waals surface area contributed by atoms with Crippen LogP contribution in [0, 0.1) is 0 Å². The Bertz CT molecular complexity index is 382. The minimum Gasteiger partial charge on any atom is -0.209 e. The highest BCUT2D eigenvalue weighted by Gasteiger charge is 2.40. The second kappa shape index (κ2) is 4.28. The Kier molecular flexibility index (Phi) is 3.63. The molecule has 0 bridgehead atoms. The van der Waals surface area contributed by atoms with Crippen molar-refractivity contribution in [2.75, 3.05) is 13.1 Å². The van der Waals surface area contributed by atoms with Crippen molar-refractivity contribution in [3.05, 3.63) is 0 Å². The van der Waals surface area contributed by atoms with E-state index in [1.165, 1.54) is 0 Å². The second-order valence-corrected chi connectivity index (χ2v) is 5.65. The molecule has 0 saturated carbocycles. The van der Waals surface area contributed by atoms with E-state index >= 15 is 0 Å². The van der Waals surface area contributed by atoms with Crippen LogP contribution in [0.5, 0.6) is 0 Å². The van der Waals surface area contributed by atoms with Crippen molar-refractivity contribution in [2.45, 2.75) is 19.3 Å². The molecule has 10 heteroatoms. The standard InChI is InChI=1S/C5H10F2N2O4S2/c6-14(10,11)9(15(7,12)13)8-4-2-1-3-5-8/h1-5H2. The van der Waals surface area contributed by atoms with E-state index in [-0.39, 0.29) is 13.1 Å². The van der Waals surface area contributed by atoms with Crippen molar-refractivity contribution in [1.29, 1.82) is 0 Å². The maximum atomic E-state index is 12.6. The molecule has 0 aromatic rings. The van der Waals surface area contributed by atoms with Crippen LogP contribution in [0.15, 0.2) is 0 Å². The van der Waals surface area contributed by atoms with Crippen LogP contribution < -0.4 is 0 Å². The van der Waals surface area contributed by atoms with Gasteiger partial charge < -0.3 is 0 Å². The molecular weight excluding hydrogens is 254 g/mol. The molecule has 1 rings (SSSR count). The Labute approximate surface area is 87.1 Å². The zero-order chi connectivity index (χ0) is 11.7. The summed E-state index contributed by atoms with van der Waals surface area (Å²) in [4.78, 5) is 0. The molecule has 1 fully saturated rings. The molecule has 0 aromatic carbocycles. The molecule has 0 atom stereocenters. The lowest BCUT2D eigenvalue weighted by molar-refractivity contribution is 0.0978. The highest BCUT2D eigenvalue weighted by atomic mass is 32.3. The van der Waals surface area contributed by atoms with E-state index in [2.05, 4.69) is 0 Å². The fraction of sp³-hybridized carbons (Fsp3) is 1.00. The van der Waals surface area contributed by atoms with Crippen LogP contribution in [0.4, 0.5) is 7.77 Å². The largest absolute Gasteiger partial charge is 0.404 e. The zero-order valence-corrected chi connectivity index (χ0v) is 9.27. The summed E-state index contributed by atoms with van der Waals surface area (Å²) < 4.78 is 66.2. The van der Waals surface area contributed by atoms with E-state index in [1.54, 1.807) is 0 Å². The number of halogens is 2. The van der Waals surface area contributed by atoms with Gasteiger partial charge in [0.1, 0.15) is 0 Å². The molecule has 1 aliphatic heterocycles. The van der Waals surface area contributed by atoms with Gasteiger partial charge in [-0.25, -0.2) is 5.01 Å². The van der Waals surface area contributed by atoms with E-state index in [0.717, 1.165) is 6.42 Å². The Morgan fingerprint density at radius 1 is 0.867 bits per heavy atom. The third kappa shape index (κ3) is 3.33. The first-order valence-electron chi connectivity index (χ1n) is 4.17. The van der Waals surface area contributed by atoms with Crippen LogP contribution >= 0.6 is 0 Å². The quantitative estimate of drug-likeness (QED) is 0.677. The number of hydrogen-bond acceptors (Lipinski definition) is 5. The number of hydrazine groups is 1. The van der Waals surface area contributed by atoms with Crippen LogP contribution in [0.1, 0.15) is 19.3 Å². The molecule has 0 aliphatic carbocycles. The summed E-state index contributed by atoms with van der Waals surface area (Å²) in [6.07, 6.45) is 1.74. The van der Waals surface area contributed by atoms with Crippen LogP contribution in [-0.4, -0.2) is 38.8 Å². The molecule has 0 amide bonds. The average Bonchev–Trinajstić information content (AvgIpc) is 2.00. The van der Waals surface area contributed by atoms with E-state index in [1.807, 2.05) is 0 Å². The van der Waals surface area contributed by atoms with Crippen LogP contribution in [0.3, 0.4) is 0 Å². The molecule has 0 unspecified atom stereocenters. The SMILES string of the molecule is O=S(=O)(F)N(N1CCCCC1)S(=O)(=O)F. The minimum atomic E-state index is -5.63. The lowest BCUT2D eigenvalue weighted by Crippen LogP contribution is -2.49. The molecular formula is C5H10F2N2O4S2. The first-order valence-corrected chi connectivity index (χ1v) is 6.85. The van der Waals surface area contributed by atoms with Crippen molar-refractivity contribution in [1.82, 2.24) is 8.83 Å². The summed E-state index contributed by atoms with van der Waals surface area (Å²) in [6.45, 7) is -0.0153. The summed E-state index contributed by atoms with van der Waals surface area (Å²) in [6, 6.07) is 0. The number of hydrogen-bond donors (Lipinski definition) is 0. The third-order valence-electron chi connectivity index (χ3n) is 1.94. The van der Waals surface area contributed by atoms with Gasteiger partial charge in [0.2, 0.25) is 0 Å². The predicted molar refractivity (Wildman–Crippen MR) is 47.3 cm³/mol. The monoisotopic (exact) mass is 264 g/mol. The Hall–Kier alpha value is -0.320. The van der Waals surface area contributed by atoms with E-state index < -0.39 is 24.6 Å². The van der Waals surface area contributed by atoms with Crippen LogP contribution in [-0.2, 0) is 20.8 Å². The number of piperidine rings is 1. The highest BCUT2D eigenvalue weighted by molar-refractivity contribution is 7.99. The van der Waals surface area contributed by atoms with E-state index in [0.29, 0.717) is 17.9 Å². The Morgan fingerprint density at radius 3 is 1.60 bits per heavy atom. The molecule has 0 spiro atoms. The Balaban J connectivity index is 3.01. The molecule has 0 radical (unpaired) electrons. The van der Waals surface area contributed by atoms with Crippen LogP contribution in [0.25, 0.3) is 0 Å². The van der Waals surface area contributed by atoms with Crippen molar-refractivity contribution in [2.24, 2.45) is 0 Å². The molecule has 0 aromatic heterocycles. The molecule has 15 heavy (non-hydrogen) atoms. The first-order chi connectivity index (χ1) is 6.73. The predicted octanol–water partition coefficient (Wildman–Crippen LogP) is 0.118. The second-order valence-electron chi connectivity index (χ2n) is 3.08. The zero-order valence-electron chi connectivity index (χ0n) is 7.64. The lowest BCUT2D eigenvalue weighted by atomic mass is 10.2. The van der Waals surface area contributed by atoms with Crippen molar-refractivity contribution < 1.29 is 24.6 Å². The minimum absolute atomic E-state index is 0.00764. The molecule has 1 aliphatic rings. The van der Waals surface area contributed by atoms with Crippen molar-refractivity contribution >= 4 is 20.8 Å². The highest BCUT2D eigenvalue weighted by Crippen LogP contribution is 2.20. The number of rotatable bonds is 3. The number of nitrogens with zero attached hydrogens (tertiary/aromatic N) is 2. The van der Waals surface area contributed by atoms with Gasteiger partial charge in [0, 0.05) is 16.9 Å². The smallest absolute Gasteiger partial charge is 0.209 e. The van der Waals surface area contributed by atoms with Gasteiger partial charge in [0.25, 0.3) is 0 Å². The van der Waals surface area contributed by atoms with Gasteiger partial charge in [-0.15, -0.1) is 0 Å². The third-order valence-corrected chi connectivity index (χ3v) is 4.21. The van der Waals surface area contributed by atoms with Crippen molar-refractivity contribution in [3.63, 3.8) is 0 Å². The molecule has 90 valence electrons. The summed E-state index contributed by atoms with van der Waals surface area (Å²) in [5.74, 6) is 0. The fourth-order valence-electron chi connectivity index (χ4n) is 1.42. The van der Waals surface area contributed by atoms with Gasteiger partial charge in [0.05, 0.1) is 0 Å². The van der Waals surface area contributed by atoms with Crippen LogP contribution in [0.2, 0.25) is 0 Å². The van der Waals surface area contributed by atoms with Gasteiger partial charge in [-0.1, -0.05) is 14.2 Å². The Morgan fingerprint density at radius 2 is 1.27 bits per heavy atom. The normalized spacial score (nSPS) is 20.7. The molecule has 1 heterocycles. The topological polar surface area (TPSA) is 74.8 Å². The maximum Gasteiger partial charge on any atom is 0.404 e. The van der Waals surface area contributed by atoms with Gasteiger partial charge in [0.15, 0.2) is 0 Å². The fourth-order valence-corrected chi connectivity index (χ4v) is 3.15. The summed E-state index contributed by atoms with van der Waals surface area (Å²) in [5, 5.41) is 0.633. The summed E-state index contributed by atoms with van der Waals surface area (Å²) in [5.41, 5.74) is 0. The lowest BCUT2D eigenvalue weighted by Gasteiger charge is -2.30. The first kappa shape index (κ1) is 12.7. The van der Waals surface area contributed by atoms with Gasteiger partial charge in [-0.05, 0) is 12.8 Å². The average molecular weight is 264 g/mol. The molecule has 1 saturated heterocycles. The maximum absolute atomic E-state index is 12.6. The summed E-state index contributed by atoms with van der Waals surface area (Å²) >= 11 is 0. The van der Waals surface area contributed by atoms with Gasteiger partial charge >= 0.3 is 20.8 Å². The molecule has 6 nitrogen and oxygen atoms in total. The van der Waals surface area contributed by atoms with Gasteiger partial charge in [-0.2, -0.15) is 16.8 Å². The summed E-state index contributed by atoms with van der Waals surface area (Å²) in [7, 11) is -11.3. The van der Waals surface area contributed by atoms with E-state index in [4.69, 9.17) is 0 Å². The molecule has 0 N–H and O–H groups in total. The van der Waals surface area contributed by atoms with E-state index in [9.17, 15) is 24.6 Å². The van der Waals surface area contributed by atoms with Crippen molar-refractivity contribution in [3.8, 4) is 0 Å².